The Labute approximate surface area is 141 Å². The van der Waals surface area contributed by atoms with E-state index in [2.05, 4.69) is 23.5 Å². The van der Waals surface area contributed by atoms with E-state index >= 15 is 0 Å². The standard InChI is InChI=1S/C20H21NO3/c1-21-10-4-7-17-16-6-3-2-5-15(16)13-24-19-9-8-14(11-18(17)19)12-20(22)23/h2-3,5-9,11,21H,4,10,12-13H2,1H3,(H,22,23)/b17-7+. The zero-order valence-electron chi connectivity index (χ0n) is 13.7. The van der Waals surface area contributed by atoms with Gasteiger partial charge in [0.2, 0.25) is 0 Å². The Kier molecular flexibility index (Phi) is 4.96. The molecule has 1 aliphatic rings. The van der Waals surface area contributed by atoms with E-state index in [1.807, 2.05) is 37.4 Å². The van der Waals surface area contributed by atoms with Gasteiger partial charge >= 0.3 is 5.97 Å². The third-order valence-corrected chi connectivity index (χ3v) is 4.12. The summed E-state index contributed by atoms with van der Waals surface area (Å²) >= 11 is 0. The minimum atomic E-state index is -0.828. The van der Waals surface area contributed by atoms with Crippen LogP contribution >= 0.6 is 0 Å². The highest BCUT2D eigenvalue weighted by Crippen LogP contribution is 2.37. The molecule has 0 saturated heterocycles. The Morgan fingerprint density at radius 1 is 1.25 bits per heavy atom. The Balaban J connectivity index is 2.10. The second-order valence-electron chi connectivity index (χ2n) is 5.86. The Bertz CT molecular complexity index is 780. The van der Waals surface area contributed by atoms with Crippen LogP contribution in [0, 0.1) is 0 Å². The minimum absolute atomic E-state index is 0.0126. The molecular formula is C20H21NO3. The molecule has 2 aromatic rings. The molecule has 124 valence electrons. The van der Waals surface area contributed by atoms with Crippen molar-refractivity contribution in [2.24, 2.45) is 0 Å². The van der Waals surface area contributed by atoms with Crippen LogP contribution in [0.15, 0.2) is 48.5 Å². The van der Waals surface area contributed by atoms with Crippen molar-refractivity contribution in [2.75, 3.05) is 13.6 Å². The average molecular weight is 323 g/mol. The number of aliphatic carboxylic acids is 1. The first-order chi connectivity index (χ1) is 11.7. The molecule has 0 spiro atoms. The van der Waals surface area contributed by atoms with E-state index in [9.17, 15) is 4.79 Å². The van der Waals surface area contributed by atoms with E-state index in [1.54, 1.807) is 0 Å². The summed E-state index contributed by atoms with van der Waals surface area (Å²) in [4.78, 5) is 11.0. The Morgan fingerprint density at radius 2 is 2.08 bits per heavy atom. The quantitative estimate of drug-likeness (QED) is 0.829. The van der Waals surface area contributed by atoms with Crippen molar-refractivity contribution in [2.45, 2.75) is 19.4 Å². The van der Waals surface area contributed by atoms with Crippen molar-refractivity contribution >= 4 is 11.5 Å². The molecule has 24 heavy (non-hydrogen) atoms. The number of carboxylic acids is 1. The zero-order chi connectivity index (χ0) is 16.9. The van der Waals surface area contributed by atoms with Gasteiger partial charge in [0.1, 0.15) is 12.4 Å². The van der Waals surface area contributed by atoms with Gasteiger partial charge in [-0.25, -0.2) is 0 Å². The van der Waals surface area contributed by atoms with Gasteiger partial charge in [-0.3, -0.25) is 4.79 Å². The third-order valence-electron chi connectivity index (χ3n) is 4.12. The lowest BCUT2D eigenvalue weighted by molar-refractivity contribution is -0.136. The summed E-state index contributed by atoms with van der Waals surface area (Å²) in [5.41, 5.74) is 5.16. The molecule has 1 heterocycles. The predicted octanol–water partition coefficient (Wildman–Crippen LogP) is 3.25. The molecule has 0 aromatic heterocycles. The number of hydrogen-bond donors (Lipinski definition) is 2. The highest BCUT2D eigenvalue weighted by Gasteiger charge is 2.19. The monoisotopic (exact) mass is 323 g/mol. The Morgan fingerprint density at radius 3 is 2.88 bits per heavy atom. The van der Waals surface area contributed by atoms with E-state index in [4.69, 9.17) is 9.84 Å². The summed E-state index contributed by atoms with van der Waals surface area (Å²) in [7, 11) is 1.93. The summed E-state index contributed by atoms with van der Waals surface area (Å²) in [5.74, 6) is -0.0263. The van der Waals surface area contributed by atoms with Crippen molar-refractivity contribution in [3.63, 3.8) is 0 Å². The van der Waals surface area contributed by atoms with Gasteiger partial charge in [-0.15, -0.1) is 0 Å². The fourth-order valence-electron chi connectivity index (χ4n) is 2.99. The highest BCUT2D eigenvalue weighted by atomic mass is 16.5. The van der Waals surface area contributed by atoms with Crippen molar-refractivity contribution in [1.29, 1.82) is 0 Å². The van der Waals surface area contributed by atoms with Gasteiger partial charge in [-0.1, -0.05) is 36.4 Å². The fourth-order valence-corrected chi connectivity index (χ4v) is 2.99. The first-order valence-electron chi connectivity index (χ1n) is 8.10. The fraction of sp³-hybridized carbons (Fsp3) is 0.250. The first-order valence-corrected chi connectivity index (χ1v) is 8.10. The highest BCUT2D eigenvalue weighted by molar-refractivity contribution is 5.85. The molecule has 4 nitrogen and oxygen atoms in total. The normalized spacial score (nSPS) is 14.5. The number of fused-ring (bicyclic) bond motifs is 2. The molecule has 4 heteroatoms. The van der Waals surface area contributed by atoms with Gasteiger partial charge in [0.25, 0.3) is 0 Å². The van der Waals surface area contributed by atoms with Gasteiger partial charge in [0.05, 0.1) is 6.42 Å². The molecule has 0 bridgehead atoms. The molecule has 0 atom stereocenters. The van der Waals surface area contributed by atoms with Crippen molar-refractivity contribution in [3.05, 3.63) is 70.8 Å². The number of carbonyl (C=O) groups is 1. The molecule has 0 amide bonds. The van der Waals surface area contributed by atoms with E-state index in [0.717, 1.165) is 46.5 Å². The van der Waals surface area contributed by atoms with Crippen LogP contribution in [0.2, 0.25) is 0 Å². The lowest BCUT2D eigenvalue weighted by Crippen LogP contribution is -2.06. The number of nitrogens with one attached hydrogen (secondary N) is 1. The summed E-state index contributed by atoms with van der Waals surface area (Å²) in [6.07, 6.45) is 3.11. The van der Waals surface area contributed by atoms with Crippen molar-refractivity contribution < 1.29 is 14.6 Å². The molecule has 0 radical (unpaired) electrons. The first kappa shape index (κ1) is 16.3. The van der Waals surface area contributed by atoms with Crippen LogP contribution in [0.1, 0.15) is 28.7 Å². The smallest absolute Gasteiger partial charge is 0.307 e. The molecule has 3 rings (SSSR count). The van der Waals surface area contributed by atoms with Gasteiger partial charge in [-0.05, 0) is 54.4 Å². The van der Waals surface area contributed by atoms with Crippen LogP contribution in [-0.2, 0) is 17.8 Å². The molecule has 0 fully saturated rings. The van der Waals surface area contributed by atoms with Crippen LogP contribution in [0.3, 0.4) is 0 Å². The SMILES string of the molecule is CNCC/C=C1\c2ccccc2COc2ccc(CC(=O)O)cc21. The van der Waals surface area contributed by atoms with Crippen LogP contribution in [0.4, 0.5) is 0 Å². The molecule has 0 saturated carbocycles. The van der Waals surface area contributed by atoms with Crippen LogP contribution in [0.25, 0.3) is 5.57 Å². The van der Waals surface area contributed by atoms with E-state index in [0.29, 0.717) is 6.61 Å². The summed E-state index contributed by atoms with van der Waals surface area (Å²) in [6.45, 7) is 1.40. The molecule has 2 aromatic carbocycles. The van der Waals surface area contributed by atoms with E-state index < -0.39 is 5.97 Å². The second-order valence-corrected chi connectivity index (χ2v) is 5.86. The van der Waals surface area contributed by atoms with Gasteiger partial charge in [0, 0.05) is 5.56 Å². The molecule has 0 unspecified atom stereocenters. The number of benzene rings is 2. The van der Waals surface area contributed by atoms with Gasteiger partial charge < -0.3 is 15.2 Å². The predicted molar refractivity (Wildman–Crippen MR) is 94.2 cm³/mol. The van der Waals surface area contributed by atoms with Crippen LogP contribution < -0.4 is 10.1 Å². The summed E-state index contributed by atoms with van der Waals surface area (Å²) < 4.78 is 5.97. The maximum absolute atomic E-state index is 11.0. The van der Waals surface area contributed by atoms with Gasteiger partial charge in [0.15, 0.2) is 0 Å². The largest absolute Gasteiger partial charge is 0.488 e. The minimum Gasteiger partial charge on any atom is -0.488 e. The number of rotatable bonds is 5. The summed E-state index contributed by atoms with van der Waals surface area (Å²) in [5, 5.41) is 12.2. The maximum Gasteiger partial charge on any atom is 0.307 e. The Hall–Kier alpha value is -2.59. The summed E-state index contributed by atoms with van der Waals surface area (Å²) in [6, 6.07) is 13.9. The topological polar surface area (TPSA) is 58.6 Å². The number of hydrogen-bond acceptors (Lipinski definition) is 3. The maximum atomic E-state index is 11.0. The molecule has 1 aliphatic heterocycles. The zero-order valence-corrected chi connectivity index (χ0v) is 13.7. The molecule has 0 aliphatic carbocycles. The third kappa shape index (κ3) is 3.49. The lowest BCUT2D eigenvalue weighted by Gasteiger charge is -2.12. The molecule has 2 N–H and O–H groups in total. The van der Waals surface area contributed by atoms with Crippen LogP contribution in [-0.4, -0.2) is 24.7 Å². The van der Waals surface area contributed by atoms with Crippen LogP contribution in [0.5, 0.6) is 5.75 Å². The lowest BCUT2D eigenvalue weighted by atomic mass is 9.92. The van der Waals surface area contributed by atoms with Crippen molar-refractivity contribution in [3.8, 4) is 5.75 Å². The number of ether oxygens (including phenoxy) is 1. The van der Waals surface area contributed by atoms with E-state index in [-0.39, 0.29) is 6.42 Å². The van der Waals surface area contributed by atoms with Crippen molar-refractivity contribution in [1.82, 2.24) is 5.32 Å². The second kappa shape index (κ2) is 7.32. The average Bonchev–Trinajstić information content (AvgIpc) is 2.72. The molecular weight excluding hydrogens is 302 g/mol. The van der Waals surface area contributed by atoms with Gasteiger partial charge in [-0.2, -0.15) is 0 Å². The van der Waals surface area contributed by atoms with E-state index in [1.165, 1.54) is 0 Å². The number of carboxylic acid groups (broad SMARTS) is 1.